The van der Waals surface area contributed by atoms with Gasteiger partial charge in [0.15, 0.2) is 0 Å². The van der Waals surface area contributed by atoms with Gasteiger partial charge < -0.3 is 5.32 Å². The van der Waals surface area contributed by atoms with Crippen LogP contribution >= 0.6 is 0 Å². The van der Waals surface area contributed by atoms with E-state index in [-0.39, 0.29) is 5.56 Å². The lowest BCUT2D eigenvalue weighted by molar-refractivity contribution is 0.325. The molecule has 6 nitrogen and oxygen atoms in total. The smallest absolute Gasteiger partial charge is 0.255 e. The monoisotopic (exact) mass is 373 g/mol. The molecule has 0 amide bonds. The maximum Gasteiger partial charge on any atom is 0.255 e. The van der Waals surface area contributed by atoms with Crippen LogP contribution in [0, 0.1) is 11.8 Å². The minimum absolute atomic E-state index is 0.00733. The first kappa shape index (κ1) is 17.1. The van der Waals surface area contributed by atoms with Gasteiger partial charge in [-0.3, -0.25) is 19.3 Å². The van der Waals surface area contributed by atoms with Gasteiger partial charge in [-0.15, -0.1) is 0 Å². The first-order valence-electron chi connectivity index (χ1n) is 9.89. The van der Waals surface area contributed by atoms with E-state index in [1.54, 1.807) is 23.0 Å². The zero-order chi connectivity index (χ0) is 19.1. The number of anilines is 1. The van der Waals surface area contributed by atoms with Crippen LogP contribution in [0.1, 0.15) is 24.6 Å². The van der Waals surface area contributed by atoms with E-state index in [0.717, 1.165) is 24.8 Å². The highest BCUT2D eigenvalue weighted by molar-refractivity contribution is 5.59. The standard InChI is InChI=1S/C22H23N5O/c1-14-13-27-21(28)12-20(16-4-7-23-8-5-16)26-22(27)25-18(14)10-15-9-17-3-2-6-24-19(17)11-15/h2-8,12,14-15,18H,9-11,13H2,1H3,(H,25,26)/t14?,15-,18?/m0/s1. The Balaban J connectivity index is 1.39. The van der Waals surface area contributed by atoms with Gasteiger partial charge in [0, 0.05) is 48.5 Å². The molecular formula is C22H23N5O. The summed E-state index contributed by atoms with van der Waals surface area (Å²) in [5, 5.41) is 3.57. The lowest BCUT2D eigenvalue weighted by Crippen LogP contribution is -2.42. The molecule has 6 heteroatoms. The van der Waals surface area contributed by atoms with Gasteiger partial charge in [-0.25, -0.2) is 4.98 Å². The van der Waals surface area contributed by atoms with Crippen molar-refractivity contribution < 1.29 is 0 Å². The summed E-state index contributed by atoms with van der Waals surface area (Å²) in [5.41, 5.74) is 4.21. The molecule has 0 radical (unpaired) electrons. The average Bonchev–Trinajstić information content (AvgIpc) is 3.12. The van der Waals surface area contributed by atoms with Gasteiger partial charge in [-0.2, -0.15) is 0 Å². The zero-order valence-corrected chi connectivity index (χ0v) is 15.9. The fourth-order valence-electron chi connectivity index (χ4n) is 4.50. The van der Waals surface area contributed by atoms with Crippen LogP contribution in [-0.2, 0) is 19.4 Å². The number of hydrogen-bond acceptors (Lipinski definition) is 5. The molecule has 1 aliphatic heterocycles. The van der Waals surface area contributed by atoms with E-state index < -0.39 is 0 Å². The van der Waals surface area contributed by atoms with Gasteiger partial charge in [0.1, 0.15) is 0 Å². The average molecular weight is 373 g/mol. The second-order valence-electron chi connectivity index (χ2n) is 8.00. The molecule has 5 rings (SSSR count). The Bertz CT molecular complexity index is 1040. The van der Waals surface area contributed by atoms with Gasteiger partial charge in [0.25, 0.3) is 5.56 Å². The van der Waals surface area contributed by atoms with Gasteiger partial charge in [-0.05, 0) is 54.9 Å². The number of rotatable bonds is 3. The number of nitrogens with one attached hydrogen (secondary N) is 1. The highest BCUT2D eigenvalue weighted by atomic mass is 16.1. The summed E-state index contributed by atoms with van der Waals surface area (Å²) in [6, 6.07) is 9.90. The van der Waals surface area contributed by atoms with Crippen molar-refractivity contribution in [2.45, 2.75) is 38.8 Å². The molecule has 0 bridgehead atoms. The number of pyridine rings is 2. The van der Waals surface area contributed by atoms with Crippen LogP contribution in [-0.4, -0.2) is 25.6 Å². The van der Waals surface area contributed by atoms with Crippen LogP contribution < -0.4 is 10.9 Å². The van der Waals surface area contributed by atoms with E-state index in [1.165, 1.54) is 11.3 Å². The second-order valence-corrected chi connectivity index (χ2v) is 8.00. The third-order valence-corrected chi connectivity index (χ3v) is 6.02. The van der Waals surface area contributed by atoms with Crippen molar-refractivity contribution in [3.8, 4) is 11.3 Å². The van der Waals surface area contributed by atoms with Gasteiger partial charge in [-0.1, -0.05) is 13.0 Å². The van der Waals surface area contributed by atoms with Crippen molar-refractivity contribution in [3.63, 3.8) is 0 Å². The lowest BCUT2D eigenvalue weighted by Gasteiger charge is -2.34. The molecule has 3 atom stereocenters. The van der Waals surface area contributed by atoms with E-state index in [4.69, 9.17) is 4.98 Å². The SMILES string of the molecule is CC1Cn2c(nc(-c3ccncc3)cc2=O)NC1C[C@@H]1Cc2cccnc2C1. The Morgan fingerprint density at radius 1 is 1.18 bits per heavy atom. The van der Waals surface area contributed by atoms with Gasteiger partial charge in [0.05, 0.1) is 5.69 Å². The fraction of sp³-hybridized carbons (Fsp3) is 0.364. The van der Waals surface area contributed by atoms with Crippen molar-refractivity contribution in [1.29, 1.82) is 0 Å². The Morgan fingerprint density at radius 2 is 2.04 bits per heavy atom. The molecule has 1 N–H and O–H groups in total. The molecule has 0 saturated carbocycles. The molecule has 2 aliphatic rings. The zero-order valence-electron chi connectivity index (χ0n) is 15.9. The molecule has 28 heavy (non-hydrogen) atoms. The first-order valence-corrected chi connectivity index (χ1v) is 9.89. The van der Waals surface area contributed by atoms with Crippen molar-refractivity contribution >= 4 is 5.95 Å². The summed E-state index contributed by atoms with van der Waals surface area (Å²) in [5.74, 6) is 1.64. The van der Waals surface area contributed by atoms with Crippen LogP contribution in [0.15, 0.2) is 53.7 Å². The molecule has 0 fully saturated rings. The summed E-state index contributed by atoms with van der Waals surface area (Å²) in [7, 11) is 0. The molecule has 1 aliphatic carbocycles. The van der Waals surface area contributed by atoms with Crippen molar-refractivity contribution in [2.75, 3.05) is 5.32 Å². The van der Waals surface area contributed by atoms with Crippen LogP contribution in [0.4, 0.5) is 5.95 Å². The lowest BCUT2D eigenvalue weighted by atomic mass is 9.89. The predicted molar refractivity (Wildman–Crippen MR) is 108 cm³/mol. The number of fused-ring (bicyclic) bond motifs is 2. The van der Waals surface area contributed by atoms with Crippen molar-refractivity contribution in [3.05, 3.63) is 70.5 Å². The van der Waals surface area contributed by atoms with E-state index in [9.17, 15) is 4.79 Å². The third-order valence-electron chi connectivity index (χ3n) is 6.02. The van der Waals surface area contributed by atoms with E-state index in [0.29, 0.717) is 36.1 Å². The maximum absolute atomic E-state index is 12.7. The summed E-state index contributed by atoms with van der Waals surface area (Å²) in [4.78, 5) is 26.0. The van der Waals surface area contributed by atoms with Crippen LogP contribution in [0.3, 0.4) is 0 Å². The minimum Gasteiger partial charge on any atom is -0.352 e. The Morgan fingerprint density at radius 3 is 2.86 bits per heavy atom. The molecule has 2 unspecified atom stereocenters. The van der Waals surface area contributed by atoms with Gasteiger partial charge >= 0.3 is 0 Å². The van der Waals surface area contributed by atoms with Crippen molar-refractivity contribution in [2.24, 2.45) is 11.8 Å². The quantitative estimate of drug-likeness (QED) is 0.764. The van der Waals surface area contributed by atoms with Gasteiger partial charge in [0.2, 0.25) is 5.95 Å². The van der Waals surface area contributed by atoms with E-state index >= 15 is 0 Å². The maximum atomic E-state index is 12.7. The highest BCUT2D eigenvalue weighted by Crippen LogP contribution is 2.32. The third kappa shape index (κ3) is 3.09. The van der Waals surface area contributed by atoms with Crippen LogP contribution in [0.25, 0.3) is 11.3 Å². The Kier molecular flexibility index (Phi) is 4.19. The largest absolute Gasteiger partial charge is 0.352 e. The normalized spacial score (nSPS) is 23.0. The summed E-state index contributed by atoms with van der Waals surface area (Å²) >= 11 is 0. The van der Waals surface area contributed by atoms with E-state index in [1.807, 2.05) is 24.4 Å². The topological polar surface area (TPSA) is 72.7 Å². The first-order chi connectivity index (χ1) is 13.7. The minimum atomic E-state index is -0.00733. The predicted octanol–water partition coefficient (Wildman–Crippen LogP) is 2.94. The highest BCUT2D eigenvalue weighted by Gasteiger charge is 2.31. The molecule has 142 valence electrons. The summed E-state index contributed by atoms with van der Waals surface area (Å²) in [6.45, 7) is 2.91. The Labute approximate surface area is 163 Å². The second kappa shape index (κ2) is 6.86. The summed E-state index contributed by atoms with van der Waals surface area (Å²) < 4.78 is 1.76. The molecule has 3 aromatic rings. The van der Waals surface area contributed by atoms with Crippen LogP contribution in [0.5, 0.6) is 0 Å². The fourth-order valence-corrected chi connectivity index (χ4v) is 4.50. The molecular weight excluding hydrogens is 350 g/mol. The number of nitrogens with zero attached hydrogens (tertiary/aromatic N) is 4. The molecule has 0 saturated heterocycles. The number of aromatic nitrogens is 4. The molecule has 0 spiro atoms. The molecule has 3 aromatic heterocycles. The molecule has 0 aromatic carbocycles. The van der Waals surface area contributed by atoms with Crippen LogP contribution in [0.2, 0.25) is 0 Å². The van der Waals surface area contributed by atoms with Crippen molar-refractivity contribution in [1.82, 2.24) is 19.5 Å². The van der Waals surface area contributed by atoms with E-state index in [2.05, 4.69) is 28.3 Å². The summed E-state index contributed by atoms with van der Waals surface area (Å²) in [6.07, 6.45) is 8.52. The molecule has 4 heterocycles. The number of hydrogen-bond donors (Lipinski definition) is 1. The Hall–Kier alpha value is -3.02.